The number of fused-ring (bicyclic) bond motifs is 1. The maximum atomic E-state index is 13.3. The molecule has 0 saturated heterocycles. The lowest BCUT2D eigenvalue weighted by Gasteiger charge is -2.28. The third-order valence-electron chi connectivity index (χ3n) is 4.96. The zero-order valence-electron chi connectivity index (χ0n) is 16.7. The molecule has 1 unspecified atom stereocenters. The largest absolute Gasteiger partial charge is 0.329 e. The summed E-state index contributed by atoms with van der Waals surface area (Å²) in [5.74, 6) is -0.115. The molecule has 146 valence electrons. The summed E-state index contributed by atoms with van der Waals surface area (Å²) in [7, 11) is 1.80. The molecule has 6 heteroatoms. The first-order valence-electron chi connectivity index (χ1n) is 9.62. The van der Waals surface area contributed by atoms with Crippen molar-refractivity contribution in [1.82, 2.24) is 24.6 Å². The van der Waals surface area contributed by atoms with Crippen molar-refractivity contribution in [3.05, 3.63) is 90.0 Å². The summed E-state index contributed by atoms with van der Waals surface area (Å²) in [5, 5.41) is 5.24. The van der Waals surface area contributed by atoms with Gasteiger partial charge in [-0.05, 0) is 37.6 Å². The first kappa shape index (κ1) is 18.8. The third-order valence-corrected chi connectivity index (χ3v) is 4.96. The smallest absolute Gasteiger partial charge is 0.256 e. The molecule has 0 aliphatic heterocycles. The minimum absolute atomic E-state index is 0.115. The van der Waals surface area contributed by atoms with Crippen LogP contribution in [0.3, 0.4) is 0 Å². The van der Waals surface area contributed by atoms with Crippen molar-refractivity contribution >= 4 is 16.9 Å². The Morgan fingerprint density at radius 2 is 1.76 bits per heavy atom. The maximum Gasteiger partial charge on any atom is 0.256 e. The van der Waals surface area contributed by atoms with Crippen LogP contribution >= 0.6 is 0 Å². The number of aromatic nitrogens is 4. The zero-order chi connectivity index (χ0) is 20.4. The first-order chi connectivity index (χ1) is 14.1. The Hall–Kier alpha value is -3.54. The summed E-state index contributed by atoms with van der Waals surface area (Å²) in [6.07, 6.45) is 5.13. The molecule has 4 aromatic rings. The summed E-state index contributed by atoms with van der Waals surface area (Å²) >= 11 is 0. The SMILES string of the molecule is CC(C)n1ncc2cc(C(=O)N(C)C(c3ccccc3)c3ccccn3)cnc21. The van der Waals surface area contributed by atoms with Gasteiger partial charge in [-0.25, -0.2) is 9.67 Å². The quantitative estimate of drug-likeness (QED) is 0.515. The number of nitrogens with zero attached hydrogens (tertiary/aromatic N) is 5. The molecular weight excluding hydrogens is 362 g/mol. The average Bonchev–Trinajstić information content (AvgIpc) is 3.18. The molecule has 1 amide bonds. The number of rotatable bonds is 5. The van der Waals surface area contributed by atoms with Crippen molar-refractivity contribution in [2.45, 2.75) is 25.9 Å². The number of pyridine rings is 2. The number of benzene rings is 1. The maximum absolute atomic E-state index is 13.3. The summed E-state index contributed by atoms with van der Waals surface area (Å²) in [6.45, 7) is 4.11. The summed E-state index contributed by atoms with van der Waals surface area (Å²) in [5.41, 5.74) is 3.13. The van der Waals surface area contributed by atoms with Crippen molar-refractivity contribution in [3.63, 3.8) is 0 Å². The van der Waals surface area contributed by atoms with Crippen LogP contribution in [0.2, 0.25) is 0 Å². The third kappa shape index (κ3) is 3.61. The molecule has 0 spiro atoms. The Morgan fingerprint density at radius 3 is 2.45 bits per heavy atom. The second-order valence-electron chi connectivity index (χ2n) is 7.30. The van der Waals surface area contributed by atoms with E-state index in [0.29, 0.717) is 5.56 Å². The van der Waals surface area contributed by atoms with Gasteiger partial charge in [0.25, 0.3) is 5.91 Å². The number of carbonyl (C=O) groups excluding carboxylic acids is 1. The lowest BCUT2D eigenvalue weighted by molar-refractivity contribution is 0.0752. The van der Waals surface area contributed by atoms with E-state index in [1.165, 1.54) is 0 Å². The van der Waals surface area contributed by atoms with Gasteiger partial charge in [0.15, 0.2) is 5.65 Å². The highest BCUT2D eigenvalue weighted by molar-refractivity contribution is 5.97. The van der Waals surface area contributed by atoms with Gasteiger partial charge in [0.1, 0.15) is 0 Å². The van der Waals surface area contributed by atoms with Crippen LogP contribution in [0.5, 0.6) is 0 Å². The van der Waals surface area contributed by atoms with Crippen LogP contribution in [-0.2, 0) is 0 Å². The molecule has 0 bridgehead atoms. The highest BCUT2D eigenvalue weighted by Gasteiger charge is 2.26. The number of hydrogen-bond acceptors (Lipinski definition) is 4. The monoisotopic (exact) mass is 385 g/mol. The van der Waals surface area contributed by atoms with E-state index in [0.717, 1.165) is 22.3 Å². The standard InChI is InChI=1S/C23H23N5O/c1-16(2)28-22-18(15-26-28)13-19(14-25-22)23(29)27(3)21(17-9-5-4-6-10-17)20-11-7-8-12-24-20/h4-16,21H,1-3H3. The lowest BCUT2D eigenvalue weighted by Crippen LogP contribution is -2.32. The molecule has 3 heterocycles. The number of hydrogen-bond donors (Lipinski definition) is 0. The van der Waals surface area contributed by atoms with Crippen LogP contribution in [0.15, 0.2) is 73.2 Å². The van der Waals surface area contributed by atoms with Crippen LogP contribution in [0.4, 0.5) is 0 Å². The summed E-state index contributed by atoms with van der Waals surface area (Å²) in [6, 6.07) is 17.4. The van der Waals surface area contributed by atoms with Gasteiger partial charge >= 0.3 is 0 Å². The Morgan fingerprint density at radius 1 is 1.00 bits per heavy atom. The van der Waals surface area contributed by atoms with E-state index in [2.05, 4.69) is 28.9 Å². The molecule has 0 radical (unpaired) electrons. The zero-order valence-corrected chi connectivity index (χ0v) is 16.7. The normalized spacial score (nSPS) is 12.3. The van der Waals surface area contributed by atoms with E-state index in [1.807, 2.05) is 59.3 Å². The minimum atomic E-state index is -0.293. The average molecular weight is 385 g/mol. The second kappa shape index (κ2) is 7.83. The minimum Gasteiger partial charge on any atom is -0.329 e. The molecule has 1 atom stereocenters. The van der Waals surface area contributed by atoms with Gasteiger partial charge in [-0.15, -0.1) is 0 Å². The number of amides is 1. The first-order valence-corrected chi connectivity index (χ1v) is 9.62. The molecule has 0 aliphatic rings. The van der Waals surface area contributed by atoms with E-state index in [1.54, 1.807) is 30.5 Å². The van der Waals surface area contributed by atoms with E-state index in [-0.39, 0.29) is 18.0 Å². The molecular formula is C23H23N5O. The highest BCUT2D eigenvalue weighted by Crippen LogP contribution is 2.28. The van der Waals surface area contributed by atoms with Crippen LogP contribution in [0.25, 0.3) is 11.0 Å². The van der Waals surface area contributed by atoms with E-state index >= 15 is 0 Å². The van der Waals surface area contributed by atoms with Gasteiger partial charge in [0, 0.05) is 30.9 Å². The Labute approximate surface area is 169 Å². The van der Waals surface area contributed by atoms with Gasteiger partial charge in [0.05, 0.1) is 23.5 Å². The van der Waals surface area contributed by atoms with Crippen LogP contribution in [0, 0.1) is 0 Å². The van der Waals surface area contributed by atoms with Crippen molar-refractivity contribution in [3.8, 4) is 0 Å². The van der Waals surface area contributed by atoms with Gasteiger partial charge in [-0.1, -0.05) is 36.4 Å². The Bertz CT molecular complexity index is 1080. The molecule has 0 saturated carbocycles. The molecule has 0 fully saturated rings. The Kier molecular flexibility index (Phi) is 5.08. The van der Waals surface area contributed by atoms with Crippen molar-refractivity contribution < 1.29 is 4.79 Å². The molecule has 4 rings (SSSR count). The lowest BCUT2D eigenvalue weighted by atomic mass is 10.0. The van der Waals surface area contributed by atoms with Crippen LogP contribution in [0.1, 0.15) is 47.5 Å². The highest BCUT2D eigenvalue weighted by atomic mass is 16.2. The molecule has 6 nitrogen and oxygen atoms in total. The second-order valence-corrected chi connectivity index (χ2v) is 7.30. The summed E-state index contributed by atoms with van der Waals surface area (Å²) < 4.78 is 1.86. The van der Waals surface area contributed by atoms with E-state index < -0.39 is 0 Å². The van der Waals surface area contributed by atoms with Gasteiger partial charge < -0.3 is 4.90 Å². The van der Waals surface area contributed by atoms with E-state index in [9.17, 15) is 4.79 Å². The fourth-order valence-electron chi connectivity index (χ4n) is 3.52. The predicted molar refractivity (Wildman–Crippen MR) is 113 cm³/mol. The van der Waals surface area contributed by atoms with Crippen molar-refractivity contribution in [1.29, 1.82) is 0 Å². The van der Waals surface area contributed by atoms with Gasteiger partial charge in [-0.3, -0.25) is 9.78 Å². The topological polar surface area (TPSA) is 63.9 Å². The van der Waals surface area contributed by atoms with Crippen LogP contribution in [-0.4, -0.2) is 37.6 Å². The predicted octanol–water partition coefficient (Wildman–Crippen LogP) is 4.27. The van der Waals surface area contributed by atoms with E-state index in [4.69, 9.17) is 0 Å². The Balaban J connectivity index is 1.72. The molecule has 1 aromatic carbocycles. The van der Waals surface area contributed by atoms with Gasteiger partial charge in [-0.2, -0.15) is 5.10 Å². The fraction of sp³-hybridized carbons (Fsp3) is 0.217. The number of carbonyl (C=O) groups is 1. The summed E-state index contributed by atoms with van der Waals surface area (Å²) in [4.78, 5) is 24.1. The van der Waals surface area contributed by atoms with Crippen LogP contribution < -0.4 is 0 Å². The van der Waals surface area contributed by atoms with Gasteiger partial charge in [0.2, 0.25) is 0 Å². The molecule has 0 aliphatic carbocycles. The fourth-order valence-corrected chi connectivity index (χ4v) is 3.52. The van der Waals surface area contributed by atoms with Crippen molar-refractivity contribution in [2.24, 2.45) is 0 Å². The molecule has 3 aromatic heterocycles. The molecule has 29 heavy (non-hydrogen) atoms. The molecule has 0 N–H and O–H groups in total. The van der Waals surface area contributed by atoms with Crippen molar-refractivity contribution in [2.75, 3.05) is 7.05 Å².